The Labute approximate surface area is 101 Å². The van der Waals surface area contributed by atoms with Crippen molar-refractivity contribution in [3.8, 4) is 11.5 Å². The third-order valence-corrected chi connectivity index (χ3v) is 3.11. The van der Waals surface area contributed by atoms with Gasteiger partial charge in [0.15, 0.2) is 0 Å². The van der Waals surface area contributed by atoms with E-state index in [0.29, 0.717) is 0 Å². The van der Waals surface area contributed by atoms with Gasteiger partial charge in [-0.3, -0.25) is 0 Å². The molecule has 0 aromatic heterocycles. The maximum absolute atomic E-state index is 9.58. The molecule has 1 aromatic rings. The zero-order valence-corrected chi connectivity index (χ0v) is 10.0. The second-order valence-electron chi connectivity index (χ2n) is 2.66. The van der Waals surface area contributed by atoms with Crippen LogP contribution in [0.4, 0.5) is 0 Å². The normalized spacial score (nSPS) is 11.0. The van der Waals surface area contributed by atoms with Crippen molar-refractivity contribution >= 4 is 46.4 Å². The van der Waals surface area contributed by atoms with Crippen molar-refractivity contribution in [3.05, 3.63) is 21.2 Å². The molecule has 0 radical (unpaired) electrons. The van der Waals surface area contributed by atoms with E-state index >= 15 is 0 Å². The number of phenolic OH excluding ortho intramolecular Hbond substituents is 2. The van der Waals surface area contributed by atoms with E-state index < -0.39 is 4.84 Å². The fourth-order valence-corrected chi connectivity index (χ4v) is 2.07. The number of benzene rings is 1. The standard InChI is InChI=1S/C8H6Cl4O2/c1-2-6(13)3(8(11)12)4(9)5(10)7(2)14/h8,13-14H,1H3. The van der Waals surface area contributed by atoms with Crippen LogP contribution in [0.3, 0.4) is 0 Å². The SMILES string of the molecule is Cc1c(O)c(Cl)c(Cl)c(C(Cl)Cl)c1O. The second kappa shape index (κ2) is 4.23. The first-order valence-electron chi connectivity index (χ1n) is 3.55. The summed E-state index contributed by atoms with van der Waals surface area (Å²) in [6.45, 7) is 1.48. The molecule has 2 N–H and O–H groups in total. The van der Waals surface area contributed by atoms with Gasteiger partial charge in [0.2, 0.25) is 0 Å². The van der Waals surface area contributed by atoms with E-state index in [0.717, 1.165) is 0 Å². The molecule has 14 heavy (non-hydrogen) atoms. The van der Waals surface area contributed by atoms with Crippen molar-refractivity contribution in [3.63, 3.8) is 0 Å². The molecule has 0 aliphatic heterocycles. The highest BCUT2D eigenvalue weighted by molar-refractivity contribution is 6.48. The van der Waals surface area contributed by atoms with Gasteiger partial charge in [-0.1, -0.05) is 46.4 Å². The molecule has 2 nitrogen and oxygen atoms in total. The van der Waals surface area contributed by atoms with Crippen molar-refractivity contribution in [1.82, 2.24) is 0 Å². The Morgan fingerprint density at radius 3 is 1.93 bits per heavy atom. The van der Waals surface area contributed by atoms with Crippen LogP contribution in [0.25, 0.3) is 0 Å². The van der Waals surface area contributed by atoms with Crippen LogP contribution in [0.5, 0.6) is 11.5 Å². The molecule has 0 heterocycles. The van der Waals surface area contributed by atoms with Crippen LogP contribution in [-0.4, -0.2) is 10.2 Å². The van der Waals surface area contributed by atoms with Gasteiger partial charge in [-0.05, 0) is 6.92 Å². The summed E-state index contributed by atoms with van der Waals surface area (Å²) < 4.78 is 0. The van der Waals surface area contributed by atoms with Crippen LogP contribution >= 0.6 is 46.4 Å². The molecule has 0 unspecified atom stereocenters. The van der Waals surface area contributed by atoms with Gasteiger partial charge < -0.3 is 10.2 Å². The Balaban J connectivity index is 3.60. The first-order valence-corrected chi connectivity index (χ1v) is 5.18. The van der Waals surface area contributed by atoms with E-state index in [4.69, 9.17) is 46.4 Å². The molecular formula is C8H6Cl4O2. The largest absolute Gasteiger partial charge is 0.507 e. The maximum Gasteiger partial charge on any atom is 0.142 e. The van der Waals surface area contributed by atoms with Gasteiger partial charge in [-0.25, -0.2) is 0 Å². The Bertz CT molecular complexity index is 347. The average Bonchev–Trinajstić information content (AvgIpc) is 2.11. The highest BCUT2D eigenvalue weighted by Gasteiger charge is 2.22. The van der Waals surface area contributed by atoms with Crippen molar-refractivity contribution in [2.75, 3.05) is 0 Å². The average molecular weight is 276 g/mol. The lowest BCUT2D eigenvalue weighted by Crippen LogP contribution is -1.90. The van der Waals surface area contributed by atoms with E-state index in [9.17, 15) is 10.2 Å². The summed E-state index contributed by atoms with van der Waals surface area (Å²) >= 11 is 22.6. The molecule has 6 heteroatoms. The maximum atomic E-state index is 9.58. The van der Waals surface area contributed by atoms with Crippen LogP contribution in [0.1, 0.15) is 16.0 Å². The van der Waals surface area contributed by atoms with E-state index in [2.05, 4.69) is 0 Å². The minimum atomic E-state index is -1.00. The van der Waals surface area contributed by atoms with Gasteiger partial charge in [-0.15, -0.1) is 0 Å². The van der Waals surface area contributed by atoms with Gasteiger partial charge in [0, 0.05) is 11.1 Å². The lowest BCUT2D eigenvalue weighted by atomic mass is 10.1. The second-order valence-corrected chi connectivity index (χ2v) is 4.52. The molecule has 0 saturated carbocycles. The van der Waals surface area contributed by atoms with Gasteiger partial charge >= 0.3 is 0 Å². The van der Waals surface area contributed by atoms with E-state index in [1.807, 2.05) is 0 Å². The van der Waals surface area contributed by atoms with Crippen LogP contribution < -0.4 is 0 Å². The number of alkyl halides is 2. The monoisotopic (exact) mass is 274 g/mol. The molecule has 0 spiro atoms. The molecule has 78 valence electrons. The first kappa shape index (κ1) is 12.1. The fraction of sp³-hybridized carbons (Fsp3) is 0.250. The molecule has 1 rings (SSSR count). The van der Waals surface area contributed by atoms with Crippen molar-refractivity contribution < 1.29 is 10.2 Å². The predicted molar refractivity (Wildman–Crippen MR) is 59.0 cm³/mol. The third-order valence-electron chi connectivity index (χ3n) is 1.82. The molecule has 0 fully saturated rings. The number of phenols is 2. The molecule has 0 aliphatic carbocycles. The van der Waals surface area contributed by atoms with Crippen LogP contribution in [-0.2, 0) is 0 Å². The summed E-state index contributed by atoms with van der Waals surface area (Å²) in [7, 11) is 0. The van der Waals surface area contributed by atoms with Crippen LogP contribution in [0.2, 0.25) is 10.0 Å². The molecule has 1 aromatic carbocycles. The summed E-state index contributed by atoms with van der Waals surface area (Å²) in [6.07, 6.45) is 0. The summed E-state index contributed by atoms with van der Waals surface area (Å²) in [5.41, 5.74) is 0.302. The number of aromatic hydroxyl groups is 2. The quantitative estimate of drug-likeness (QED) is 0.755. The highest BCUT2D eigenvalue weighted by Crippen LogP contribution is 2.47. The highest BCUT2D eigenvalue weighted by atomic mass is 35.5. The Morgan fingerprint density at radius 1 is 1.00 bits per heavy atom. The van der Waals surface area contributed by atoms with E-state index in [1.54, 1.807) is 0 Å². The van der Waals surface area contributed by atoms with Crippen LogP contribution in [0.15, 0.2) is 0 Å². The Morgan fingerprint density at radius 2 is 1.50 bits per heavy atom. The van der Waals surface area contributed by atoms with Gasteiger partial charge in [0.25, 0.3) is 0 Å². The predicted octanol–water partition coefficient (Wildman–Crippen LogP) is 4.19. The third kappa shape index (κ3) is 1.84. The van der Waals surface area contributed by atoms with Gasteiger partial charge in [-0.2, -0.15) is 0 Å². The molecule has 0 bridgehead atoms. The number of hydrogen-bond acceptors (Lipinski definition) is 2. The molecule has 0 saturated heterocycles. The zero-order chi connectivity index (χ0) is 11.0. The minimum absolute atomic E-state index is 0.0396. The van der Waals surface area contributed by atoms with E-state index in [1.165, 1.54) is 6.92 Å². The van der Waals surface area contributed by atoms with Crippen molar-refractivity contribution in [2.24, 2.45) is 0 Å². The van der Waals surface area contributed by atoms with Gasteiger partial charge in [0.1, 0.15) is 21.4 Å². The lowest BCUT2D eigenvalue weighted by Gasteiger charge is -2.13. The topological polar surface area (TPSA) is 40.5 Å². The fourth-order valence-electron chi connectivity index (χ4n) is 1.00. The summed E-state index contributed by atoms with van der Waals surface area (Å²) in [5.74, 6) is -0.515. The minimum Gasteiger partial charge on any atom is -0.507 e. The number of rotatable bonds is 1. The van der Waals surface area contributed by atoms with Crippen molar-refractivity contribution in [1.29, 1.82) is 0 Å². The molecular weight excluding hydrogens is 270 g/mol. The first-order chi connectivity index (χ1) is 6.37. The van der Waals surface area contributed by atoms with Gasteiger partial charge in [0.05, 0.1) is 5.02 Å². The van der Waals surface area contributed by atoms with Crippen LogP contribution in [0, 0.1) is 6.92 Å². The summed E-state index contributed by atoms with van der Waals surface area (Å²) in [6, 6.07) is 0. The van der Waals surface area contributed by atoms with E-state index in [-0.39, 0.29) is 32.7 Å². The summed E-state index contributed by atoms with van der Waals surface area (Å²) in [4.78, 5) is -1.00. The number of hydrogen-bond donors (Lipinski definition) is 2. The summed E-state index contributed by atoms with van der Waals surface area (Å²) in [5, 5.41) is 18.9. The Kier molecular flexibility index (Phi) is 3.64. The molecule has 0 atom stereocenters. The Hall–Kier alpha value is -0.0200. The zero-order valence-electron chi connectivity index (χ0n) is 6.98. The number of halogens is 4. The lowest BCUT2D eigenvalue weighted by molar-refractivity contribution is 0.440. The molecule has 0 aliphatic rings. The molecule has 0 amide bonds. The van der Waals surface area contributed by atoms with Crippen molar-refractivity contribution in [2.45, 2.75) is 11.8 Å². The smallest absolute Gasteiger partial charge is 0.142 e.